The lowest BCUT2D eigenvalue weighted by Gasteiger charge is -2.03. The number of H-pyrrole nitrogens is 1. The molecule has 0 amide bonds. The third-order valence-electron chi connectivity index (χ3n) is 3.30. The SMILES string of the molecule is C=Cn1ncc(-c2nc3n[nH]c(N)c3cc2F)c1/C=C\CC. The second kappa shape index (κ2) is 5.44. The smallest absolute Gasteiger partial charge is 0.183 e. The molecule has 7 heteroatoms. The zero-order chi connectivity index (χ0) is 15.7. The summed E-state index contributed by atoms with van der Waals surface area (Å²) >= 11 is 0. The van der Waals surface area contributed by atoms with Gasteiger partial charge in [0.1, 0.15) is 11.5 Å². The van der Waals surface area contributed by atoms with E-state index in [1.165, 1.54) is 6.07 Å². The summed E-state index contributed by atoms with van der Waals surface area (Å²) in [5, 5.41) is 11.2. The lowest BCUT2D eigenvalue weighted by Crippen LogP contribution is -1.95. The zero-order valence-corrected chi connectivity index (χ0v) is 12.0. The number of allylic oxidation sites excluding steroid dienone is 1. The highest BCUT2D eigenvalue weighted by molar-refractivity contribution is 5.88. The predicted octanol–water partition coefficient (Wildman–Crippen LogP) is 3.07. The molecule has 0 unspecified atom stereocenters. The van der Waals surface area contributed by atoms with Gasteiger partial charge in [0.05, 0.1) is 17.3 Å². The Morgan fingerprint density at radius 3 is 3.05 bits per heavy atom. The molecule has 0 saturated carbocycles. The van der Waals surface area contributed by atoms with Gasteiger partial charge in [-0.25, -0.2) is 14.1 Å². The number of hydrogen-bond donors (Lipinski definition) is 2. The number of nitrogens with two attached hydrogens (primary N) is 1. The molecule has 0 saturated heterocycles. The summed E-state index contributed by atoms with van der Waals surface area (Å²) in [7, 11) is 0. The summed E-state index contributed by atoms with van der Waals surface area (Å²) in [6, 6.07) is 1.33. The van der Waals surface area contributed by atoms with Crippen LogP contribution in [0.1, 0.15) is 19.0 Å². The Labute approximate surface area is 126 Å². The average Bonchev–Trinajstić information content (AvgIpc) is 3.08. The Morgan fingerprint density at radius 2 is 2.32 bits per heavy atom. The van der Waals surface area contributed by atoms with Gasteiger partial charge in [0, 0.05) is 11.8 Å². The molecule has 3 N–H and O–H groups in total. The number of rotatable bonds is 4. The standard InChI is InChI=1S/C15H15FN6/c1-3-5-6-12-10(8-18-22(12)4-2)13-11(16)7-9-14(17)20-21-15(9)19-13/h4-8H,2-3H2,1H3,(H3,17,19,20,21)/b6-5-. The van der Waals surface area contributed by atoms with Crippen LogP contribution in [0.25, 0.3) is 34.6 Å². The second-order valence-corrected chi connectivity index (χ2v) is 4.71. The number of anilines is 1. The van der Waals surface area contributed by atoms with Crippen LogP contribution in [0.15, 0.2) is 24.9 Å². The van der Waals surface area contributed by atoms with Crippen LogP contribution < -0.4 is 5.73 Å². The quantitative estimate of drug-likeness (QED) is 0.775. The van der Waals surface area contributed by atoms with E-state index in [4.69, 9.17) is 5.73 Å². The average molecular weight is 298 g/mol. The molecule has 22 heavy (non-hydrogen) atoms. The van der Waals surface area contributed by atoms with Gasteiger partial charge in [-0.15, -0.1) is 0 Å². The third kappa shape index (κ3) is 2.16. The number of hydrogen-bond acceptors (Lipinski definition) is 4. The fourth-order valence-corrected chi connectivity index (χ4v) is 2.22. The second-order valence-electron chi connectivity index (χ2n) is 4.71. The van der Waals surface area contributed by atoms with Crippen molar-refractivity contribution in [1.82, 2.24) is 25.0 Å². The van der Waals surface area contributed by atoms with E-state index in [0.29, 0.717) is 28.1 Å². The molecule has 112 valence electrons. The summed E-state index contributed by atoms with van der Waals surface area (Å²) in [6.45, 7) is 5.72. The minimum Gasteiger partial charge on any atom is -0.384 e. The molecule has 0 aliphatic heterocycles. The van der Waals surface area contributed by atoms with Crippen molar-refractivity contribution in [1.29, 1.82) is 0 Å². The van der Waals surface area contributed by atoms with E-state index >= 15 is 0 Å². The van der Waals surface area contributed by atoms with Crippen LogP contribution in [0.3, 0.4) is 0 Å². The molecule has 0 aliphatic rings. The number of pyridine rings is 1. The maximum atomic E-state index is 14.4. The van der Waals surface area contributed by atoms with Crippen molar-refractivity contribution in [2.24, 2.45) is 0 Å². The van der Waals surface area contributed by atoms with Gasteiger partial charge in [-0.3, -0.25) is 5.10 Å². The molecule has 0 atom stereocenters. The van der Waals surface area contributed by atoms with Crippen LogP contribution in [-0.4, -0.2) is 25.0 Å². The molecular weight excluding hydrogens is 283 g/mol. The highest BCUT2D eigenvalue weighted by Crippen LogP contribution is 2.29. The van der Waals surface area contributed by atoms with Crippen molar-refractivity contribution in [3.05, 3.63) is 36.4 Å². The fraction of sp³-hybridized carbons (Fsp3) is 0.133. The van der Waals surface area contributed by atoms with E-state index in [0.717, 1.165) is 6.42 Å². The van der Waals surface area contributed by atoms with Crippen LogP contribution in [0.2, 0.25) is 0 Å². The predicted molar refractivity (Wildman–Crippen MR) is 85.2 cm³/mol. The van der Waals surface area contributed by atoms with Gasteiger partial charge in [-0.2, -0.15) is 10.2 Å². The van der Waals surface area contributed by atoms with Crippen LogP contribution in [0, 0.1) is 5.82 Å². The number of nitrogens with zero attached hydrogens (tertiary/aromatic N) is 4. The first-order valence-corrected chi connectivity index (χ1v) is 6.82. The molecule has 3 heterocycles. The normalized spacial score (nSPS) is 11.5. The maximum Gasteiger partial charge on any atom is 0.183 e. The molecule has 0 bridgehead atoms. The first-order chi connectivity index (χ1) is 10.7. The molecule has 3 rings (SSSR count). The molecular formula is C15H15FN6. The van der Waals surface area contributed by atoms with E-state index in [9.17, 15) is 4.39 Å². The number of halogens is 1. The van der Waals surface area contributed by atoms with Crippen molar-refractivity contribution in [2.45, 2.75) is 13.3 Å². The van der Waals surface area contributed by atoms with E-state index in [1.807, 2.05) is 19.1 Å². The van der Waals surface area contributed by atoms with E-state index in [-0.39, 0.29) is 5.69 Å². The third-order valence-corrected chi connectivity index (χ3v) is 3.30. The van der Waals surface area contributed by atoms with Gasteiger partial charge in [0.25, 0.3) is 0 Å². The van der Waals surface area contributed by atoms with Crippen molar-refractivity contribution in [3.63, 3.8) is 0 Å². The van der Waals surface area contributed by atoms with Crippen LogP contribution in [-0.2, 0) is 0 Å². The number of nitrogens with one attached hydrogen (secondary N) is 1. The lowest BCUT2D eigenvalue weighted by molar-refractivity contribution is 0.628. The number of aromatic amines is 1. The minimum atomic E-state index is -0.477. The van der Waals surface area contributed by atoms with E-state index in [1.54, 1.807) is 17.1 Å². The number of nitrogen functional groups attached to an aromatic ring is 1. The van der Waals surface area contributed by atoms with Gasteiger partial charge < -0.3 is 5.73 Å². The molecule has 3 aromatic rings. The topological polar surface area (TPSA) is 85.4 Å². The molecule has 0 spiro atoms. The molecule has 3 aromatic heterocycles. The first kappa shape index (κ1) is 14.0. The van der Waals surface area contributed by atoms with Gasteiger partial charge in [-0.05, 0) is 18.6 Å². The van der Waals surface area contributed by atoms with Crippen molar-refractivity contribution in [3.8, 4) is 11.3 Å². The summed E-state index contributed by atoms with van der Waals surface area (Å²) < 4.78 is 16.0. The Kier molecular flexibility index (Phi) is 3.46. The molecule has 6 nitrogen and oxygen atoms in total. The Balaban J connectivity index is 2.22. The highest BCUT2D eigenvalue weighted by Gasteiger charge is 2.17. The fourth-order valence-electron chi connectivity index (χ4n) is 2.22. The largest absolute Gasteiger partial charge is 0.384 e. The minimum absolute atomic E-state index is 0.183. The van der Waals surface area contributed by atoms with Crippen LogP contribution >= 0.6 is 0 Å². The van der Waals surface area contributed by atoms with Crippen LogP contribution in [0.5, 0.6) is 0 Å². The Bertz CT molecular complexity index is 874. The van der Waals surface area contributed by atoms with Crippen molar-refractivity contribution >= 4 is 29.1 Å². The van der Waals surface area contributed by atoms with E-state index in [2.05, 4.69) is 26.9 Å². The van der Waals surface area contributed by atoms with Gasteiger partial charge in [-0.1, -0.05) is 19.6 Å². The summed E-state index contributed by atoms with van der Waals surface area (Å²) in [5.74, 6) is -0.184. The monoisotopic (exact) mass is 298 g/mol. The molecule has 0 radical (unpaired) electrons. The lowest BCUT2D eigenvalue weighted by atomic mass is 10.1. The molecule has 0 fully saturated rings. The number of aromatic nitrogens is 5. The van der Waals surface area contributed by atoms with Crippen molar-refractivity contribution < 1.29 is 4.39 Å². The van der Waals surface area contributed by atoms with Gasteiger partial charge in [0.2, 0.25) is 0 Å². The maximum absolute atomic E-state index is 14.4. The molecule has 0 aromatic carbocycles. The Morgan fingerprint density at radius 1 is 1.50 bits per heavy atom. The summed E-state index contributed by atoms with van der Waals surface area (Å²) in [6.07, 6.45) is 7.80. The van der Waals surface area contributed by atoms with Gasteiger partial charge in [0.15, 0.2) is 11.5 Å². The molecule has 0 aliphatic carbocycles. The first-order valence-electron chi connectivity index (χ1n) is 6.82. The highest BCUT2D eigenvalue weighted by atomic mass is 19.1. The van der Waals surface area contributed by atoms with E-state index < -0.39 is 5.82 Å². The van der Waals surface area contributed by atoms with Crippen molar-refractivity contribution in [2.75, 3.05) is 5.73 Å². The summed E-state index contributed by atoms with van der Waals surface area (Å²) in [5.41, 5.74) is 7.53. The Hall–Kier alpha value is -2.96. The van der Waals surface area contributed by atoms with Gasteiger partial charge >= 0.3 is 0 Å². The van der Waals surface area contributed by atoms with Crippen LogP contribution in [0.4, 0.5) is 10.2 Å². The zero-order valence-electron chi connectivity index (χ0n) is 12.0. The summed E-state index contributed by atoms with van der Waals surface area (Å²) in [4.78, 5) is 4.26. The number of fused-ring (bicyclic) bond motifs is 1.